The molecule has 0 aliphatic carbocycles. The molecule has 1 atom stereocenters. The molecule has 0 radical (unpaired) electrons. The molecule has 1 N–H and O–H groups in total. The number of hydrogen-bond acceptors (Lipinski definition) is 3. The summed E-state index contributed by atoms with van der Waals surface area (Å²) in [5.74, 6) is -0.158. The zero-order chi connectivity index (χ0) is 14.0. The first-order valence-electron chi connectivity index (χ1n) is 6.78. The number of benzene rings is 1. The fourth-order valence-electron chi connectivity index (χ4n) is 2.48. The third-order valence-electron chi connectivity index (χ3n) is 3.84. The second-order valence-corrected chi connectivity index (χ2v) is 5.74. The third-order valence-corrected chi connectivity index (χ3v) is 3.84. The number of rotatable bonds is 3. The Labute approximate surface area is 114 Å². The molecule has 0 spiro atoms. The SMILES string of the molecule is CNC(C)c1ccc(N2CCOCC2(C)C)c(F)c1. The van der Waals surface area contributed by atoms with Crippen molar-refractivity contribution in [3.05, 3.63) is 29.6 Å². The van der Waals surface area contributed by atoms with Gasteiger partial charge in [0.15, 0.2) is 0 Å². The van der Waals surface area contributed by atoms with Gasteiger partial charge in [-0.3, -0.25) is 0 Å². The van der Waals surface area contributed by atoms with E-state index in [1.807, 2.05) is 26.1 Å². The van der Waals surface area contributed by atoms with Gasteiger partial charge in [0.25, 0.3) is 0 Å². The molecule has 1 saturated heterocycles. The lowest BCUT2D eigenvalue weighted by Crippen LogP contribution is -2.53. The zero-order valence-corrected chi connectivity index (χ0v) is 12.2. The second kappa shape index (κ2) is 5.47. The standard InChI is InChI=1S/C15H23FN2O/c1-11(17-4)12-5-6-14(13(16)9-12)18-7-8-19-10-15(18,2)3/h5-6,9,11,17H,7-8,10H2,1-4H3. The molecule has 1 aromatic carbocycles. The molecule has 0 amide bonds. The molecule has 0 saturated carbocycles. The fraction of sp³-hybridized carbons (Fsp3) is 0.600. The Balaban J connectivity index is 2.30. The van der Waals surface area contributed by atoms with E-state index in [0.717, 1.165) is 12.1 Å². The summed E-state index contributed by atoms with van der Waals surface area (Å²) in [6.07, 6.45) is 0. The minimum absolute atomic E-state index is 0.154. The van der Waals surface area contributed by atoms with Crippen molar-refractivity contribution in [2.75, 3.05) is 31.7 Å². The average molecular weight is 266 g/mol. The van der Waals surface area contributed by atoms with Gasteiger partial charge in [-0.1, -0.05) is 6.07 Å². The molecular formula is C15H23FN2O. The topological polar surface area (TPSA) is 24.5 Å². The first kappa shape index (κ1) is 14.3. The van der Waals surface area contributed by atoms with Crippen LogP contribution in [0.25, 0.3) is 0 Å². The van der Waals surface area contributed by atoms with Crippen LogP contribution in [0.5, 0.6) is 0 Å². The van der Waals surface area contributed by atoms with Crippen LogP contribution < -0.4 is 10.2 Å². The first-order chi connectivity index (χ1) is 8.95. The number of nitrogens with zero attached hydrogens (tertiary/aromatic N) is 1. The van der Waals surface area contributed by atoms with Crippen molar-refractivity contribution in [1.82, 2.24) is 5.32 Å². The molecule has 4 heteroatoms. The molecule has 3 nitrogen and oxygen atoms in total. The van der Waals surface area contributed by atoms with Crippen LogP contribution in [0.15, 0.2) is 18.2 Å². The normalized spacial score (nSPS) is 20.4. The van der Waals surface area contributed by atoms with E-state index in [1.54, 1.807) is 6.07 Å². The molecule has 0 bridgehead atoms. The first-order valence-corrected chi connectivity index (χ1v) is 6.78. The maximum atomic E-state index is 14.4. The summed E-state index contributed by atoms with van der Waals surface area (Å²) < 4.78 is 19.8. The van der Waals surface area contributed by atoms with Crippen molar-refractivity contribution in [2.45, 2.75) is 32.4 Å². The van der Waals surface area contributed by atoms with Crippen molar-refractivity contribution >= 4 is 5.69 Å². The number of hydrogen-bond donors (Lipinski definition) is 1. The smallest absolute Gasteiger partial charge is 0.146 e. The van der Waals surface area contributed by atoms with E-state index in [1.165, 1.54) is 0 Å². The van der Waals surface area contributed by atoms with Crippen LogP contribution >= 0.6 is 0 Å². The Kier molecular flexibility index (Phi) is 4.11. The highest BCUT2D eigenvalue weighted by Gasteiger charge is 2.32. The van der Waals surface area contributed by atoms with Gasteiger partial charge in [0, 0.05) is 12.6 Å². The Bertz CT molecular complexity index is 448. The Hall–Kier alpha value is -1.13. The van der Waals surface area contributed by atoms with Crippen LogP contribution in [0.2, 0.25) is 0 Å². The summed E-state index contributed by atoms with van der Waals surface area (Å²) in [6, 6.07) is 5.65. The van der Waals surface area contributed by atoms with Gasteiger partial charge in [0.05, 0.1) is 24.4 Å². The fourth-order valence-corrected chi connectivity index (χ4v) is 2.48. The van der Waals surface area contributed by atoms with Crippen LogP contribution in [0, 0.1) is 5.82 Å². The van der Waals surface area contributed by atoms with E-state index in [-0.39, 0.29) is 17.4 Å². The van der Waals surface area contributed by atoms with E-state index >= 15 is 0 Å². The maximum Gasteiger partial charge on any atom is 0.146 e. The average Bonchev–Trinajstić information content (AvgIpc) is 2.38. The number of halogens is 1. The van der Waals surface area contributed by atoms with E-state index in [0.29, 0.717) is 18.9 Å². The van der Waals surface area contributed by atoms with E-state index < -0.39 is 0 Å². The summed E-state index contributed by atoms with van der Waals surface area (Å²) in [5, 5.41) is 3.12. The molecular weight excluding hydrogens is 243 g/mol. The Morgan fingerprint density at radius 3 is 2.74 bits per heavy atom. The Morgan fingerprint density at radius 1 is 1.42 bits per heavy atom. The predicted octanol–water partition coefficient (Wildman–Crippen LogP) is 2.72. The minimum atomic E-state index is -0.171. The second-order valence-electron chi connectivity index (χ2n) is 5.74. The van der Waals surface area contributed by atoms with E-state index in [4.69, 9.17) is 4.74 Å². The molecule has 1 aliphatic heterocycles. The molecule has 2 rings (SSSR count). The quantitative estimate of drug-likeness (QED) is 0.910. The largest absolute Gasteiger partial charge is 0.377 e. The van der Waals surface area contributed by atoms with Gasteiger partial charge in [-0.05, 0) is 45.5 Å². The zero-order valence-electron chi connectivity index (χ0n) is 12.2. The summed E-state index contributed by atoms with van der Waals surface area (Å²) >= 11 is 0. The van der Waals surface area contributed by atoms with Gasteiger partial charge >= 0.3 is 0 Å². The van der Waals surface area contributed by atoms with Crippen molar-refractivity contribution in [3.8, 4) is 0 Å². The highest BCUT2D eigenvalue weighted by molar-refractivity contribution is 5.52. The summed E-state index contributed by atoms with van der Waals surface area (Å²) in [6.45, 7) is 8.18. The van der Waals surface area contributed by atoms with Gasteiger partial charge in [-0.25, -0.2) is 4.39 Å². The van der Waals surface area contributed by atoms with Crippen LogP contribution in [0.3, 0.4) is 0 Å². The highest BCUT2D eigenvalue weighted by Crippen LogP contribution is 2.30. The van der Waals surface area contributed by atoms with Crippen molar-refractivity contribution in [3.63, 3.8) is 0 Å². The lowest BCUT2D eigenvalue weighted by Gasteiger charge is -2.44. The third kappa shape index (κ3) is 2.90. The number of ether oxygens (including phenoxy) is 1. The lowest BCUT2D eigenvalue weighted by molar-refractivity contribution is 0.0640. The highest BCUT2D eigenvalue weighted by atomic mass is 19.1. The Morgan fingerprint density at radius 2 is 2.16 bits per heavy atom. The lowest BCUT2D eigenvalue weighted by atomic mass is 10.00. The molecule has 1 heterocycles. The van der Waals surface area contributed by atoms with Crippen LogP contribution in [0.1, 0.15) is 32.4 Å². The maximum absolute atomic E-state index is 14.4. The monoisotopic (exact) mass is 266 g/mol. The van der Waals surface area contributed by atoms with Crippen LogP contribution in [-0.2, 0) is 4.74 Å². The molecule has 1 aliphatic rings. The van der Waals surface area contributed by atoms with Crippen LogP contribution in [-0.4, -0.2) is 32.3 Å². The number of anilines is 1. The van der Waals surface area contributed by atoms with Gasteiger partial charge < -0.3 is 15.0 Å². The predicted molar refractivity (Wildman–Crippen MR) is 76.1 cm³/mol. The molecule has 106 valence electrons. The van der Waals surface area contributed by atoms with Gasteiger partial charge in [-0.15, -0.1) is 0 Å². The van der Waals surface area contributed by atoms with Gasteiger partial charge in [0.1, 0.15) is 5.82 Å². The minimum Gasteiger partial charge on any atom is -0.377 e. The van der Waals surface area contributed by atoms with Crippen molar-refractivity contribution in [2.24, 2.45) is 0 Å². The molecule has 0 aromatic heterocycles. The molecule has 19 heavy (non-hydrogen) atoms. The summed E-state index contributed by atoms with van der Waals surface area (Å²) in [5.41, 5.74) is 1.46. The van der Waals surface area contributed by atoms with E-state index in [9.17, 15) is 4.39 Å². The van der Waals surface area contributed by atoms with Crippen molar-refractivity contribution in [1.29, 1.82) is 0 Å². The summed E-state index contributed by atoms with van der Waals surface area (Å²) in [7, 11) is 1.88. The molecule has 1 fully saturated rings. The number of morpholine rings is 1. The van der Waals surface area contributed by atoms with Gasteiger partial charge in [0.2, 0.25) is 0 Å². The van der Waals surface area contributed by atoms with Gasteiger partial charge in [-0.2, -0.15) is 0 Å². The van der Waals surface area contributed by atoms with E-state index in [2.05, 4.69) is 24.1 Å². The number of nitrogens with one attached hydrogen (secondary N) is 1. The summed E-state index contributed by atoms with van der Waals surface area (Å²) in [4.78, 5) is 2.10. The molecule has 1 aromatic rings. The molecule has 1 unspecified atom stereocenters. The van der Waals surface area contributed by atoms with Crippen molar-refractivity contribution < 1.29 is 9.13 Å². The van der Waals surface area contributed by atoms with Crippen LogP contribution in [0.4, 0.5) is 10.1 Å².